The maximum Gasteiger partial charge on any atom is 0.313 e. The quantitative estimate of drug-likeness (QED) is 0.822. The third-order valence-electron chi connectivity index (χ3n) is 3.45. The van der Waals surface area contributed by atoms with Crippen LogP contribution in [0.1, 0.15) is 6.42 Å². The summed E-state index contributed by atoms with van der Waals surface area (Å²) in [4.78, 5) is 23.5. The molecule has 1 aliphatic heterocycles. The monoisotopic (exact) mass is 330 g/mol. The van der Waals surface area contributed by atoms with Crippen molar-refractivity contribution < 1.29 is 23.1 Å². The molecule has 120 valence electrons. The molecule has 5 nitrogen and oxygen atoms in total. The van der Waals surface area contributed by atoms with Gasteiger partial charge in [-0.15, -0.1) is 0 Å². The van der Waals surface area contributed by atoms with Gasteiger partial charge in [0.1, 0.15) is 0 Å². The highest BCUT2D eigenvalue weighted by Gasteiger charge is 2.35. The fraction of sp³-hybridized carbons (Fsp3) is 0.429. The van der Waals surface area contributed by atoms with Gasteiger partial charge in [-0.05, 0) is 24.3 Å². The van der Waals surface area contributed by atoms with Crippen molar-refractivity contribution in [3.63, 3.8) is 0 Å². The van der Waals surface area contributed by atoms with Crippen molar-refractivity contribution in [3.05, 3.63) is 29.8 Å². The summed E-state index contributed by atoms with van der Waals surface area (Å²) in [5, 5.41) is 4.72. The second kappa shape index (κ2) is 7.06. The molecule has 1 saturated heterocycles. The molecule has 1 unspecified atom stereocenters. The Kier molecular flexibility index (Phi) is 5.36. The van der Waals surface area contributed by atoms with Crippen LogP contribution in [-0.4, -0.2) is 42.6 Å². The van der Waals surface area contributed by atoms with Crippen LogP contribution in [0.2, 0.25) is 0 Å². The molecule has 22 heavy (non-hydrogen) atoms. The lowest BCUT2D eigenvalue weighted by molar-refractivity contribution is -0.136. The Morgan fingerprint density at radius 2 is 2.09 bits per heavy atom. The van der Waals surface area contributed by atoms with Crippen molar-refractivity contribution >= 4 is 29.3 Å². The summed E-state index contributed by atoms with van der Waals surface area (Å²) < 4.78 is 31.2. The van der Waals surface area contributed by atoms with Crippen LogP contribution in [0.5, 0.6) is 0 Å². The molecule has 0 aromatic heterocycles. The molecular weight excluding hydrogens is 314 g/mol. The average Bonchev–Trinajstić information content (AvgIpc) is 2.98. The number of rotatable bonds is 4. The second-order valence-electron chi connectivity index (χ2n) is 4.96. The zero-order valence-corrected chi connectivity index (χ0v) is 12.8. The lowest BCUT2D eigenvalue weighted by Crippen LogP contribution is -2.47. The van der Waals surface area contributed by atoms with Gasteiger partial charge in [0.05, 0.1) is 5.60 Å². The summed E-state index contributed by atoms with van der Waals surface area (Å²) in [6, 6.07) is 2.86. The first kappa shape index (κ1) is 16.7. The molecule has 0 bridgehead atoms. The van der Waals surface area contributed by atoms with Crippen molar-refractivity contribution in [2.75, 3.05) is 30.5 Å². The van der Waals surface area contributed by atoms with E-state index in [-0.39, 0.29) is 12.2 Å². The smallest absolute Gasteiger partial charge is 0.313 e. The average molecular weight is 330 g/mol. The van der Waals surface area contributed by atoms with Gasteiger partial charge in [-0.1, -0.05) is 0 Å². The number of hydrogen-bond donors (Lipinski definition) is 2. The van der Waals surface area contributed by atoms with Crippen molar-refractivity contribution in [3.8, 4) is 0 Å². The van der Waals surface area contributed by atoms with Gasteiger partial charge in [0.2, 0.25) is 0 Å². The first-order valence-corrected chi connectivity index (χ1v) is 7.78. The zero-order chi connectivity index (χ0) is 16.2. The molecule has 1 aromatic carbocycles. The van der Waals surface area contributed by atoms with E-state index in [1.807, 2.05) is 0 Å². The molecule has 0 spiro atoms. The van der Waals surface area contributed by atoms with E-state index in [1.54, 1.807) is 18.9 Å². The Labute approximate surface area is 130 Å². The molecule has 1 heterocycles. The summed E-state index contributed by atoms with van der Waals surface area (Å²) in [6.45, 7) is 0.223. The number of ether oxygens (including phenoxy) is 1. The van der Waals surface area contributed by atoms with Gasteiger partial charge < -0.3 is 15.4 Å². The minimum atomic E-state index is -1.10. The summed E-state index contributed by atoms with van der Waals surface area (Å²) >= 11 is 1.72. The molecule has 1 fully saturated rings. The van der Waals surface area contributed by atoms with Crippen LogP contribution < -0.4 is 10.6 Å². The van der Waals surface area contributed by atoms with Crippen LogP contribution in [0.3, 0.4) is 0 Å². The minimum Gasteiger partial charge on any atom is -0.376 e. The van der Waals surface area contributed by atoms with Crippen molar-refractivity contribution in [1.82, 2.24) is 5.32 Å². The lowest BCUT2D eigenvalue weighted by atomic mass is 10.0. The fourth-order valence-corrected chi connectivity index (χ4v) is 3.44. The summed E-state index contributed by atoms with van der Waals surface area (Å²) in [5.41, 5.74) is -0.445. The van der Waals surface area contributed by atoms with Gasteiger partial charge in [-0.2, -0.15) is 11.8 Å². The van der Waals surface area contributed by atoms with Crippen LogP contribution >= 0.6 is 11.8 Å². The van der Waals surface area contributed by atoms with E-state index in [1.165, 1.54) is 6.07 Å². The van der Waals surface area contributed by atoms with Gasteiger partial charge in [-0.3, -0.25) is 9.59 Å². The molecule has 0 radical (unpaired) electrons. The predicted molar refractivity (Wildman–Crippen MR) is 79.7 cm³/mol. The Morgan fingerprint density at radius 1 is 1.32 bits per heavy atom. The highest BCUT2D eigenvalue weighted by Crippen LogP contribution is 2.30. The van der Waals surface area contributed by atoms with Crippen LogP contribution in [0, 0.1) is 11.6 Å². The first-order chi connectivity index (χ1) is 10.5. The molecular formula is C14H16F2N2O3S. The number of benzene rings is 1. The third kappa shape index (κ3) is 3.95. The number of nitrogens with one attached hydrogen (secondary N) is 2. The van der Waals surface area contributed by atoms with Gasteiger partial charge in [0, 0.05) is 31.2 Å². The van der Waals surface area contributed by atoms with E-state index in [2.05, 4.69) is 10.6 Å². The molecule has 2 rings (SSSR count). The Balaban J connectivity index is 1.89. The highest BCUT2D eigenvalue weighted by molar-refractivity contribution is 7.99. The van der Waals surface area contributed by atoms with Crippen LogP contribution in [0.4, 0.5) is 14.5 Å². The Hall–Kier alpha value is -1.67. The van der Waals surface area contributed by atoms with Crippen LogP contribution in [0.25, 0.3) is 0 Å². The molecule has 1 atom stereocenters. The van der Waals surface area contributed by atoms with E-state index in [9.17, 15) is 18.4 Å². The molecule has 1 aliphatic rings. The maximum absolute atomic E-state index is 13.0. The number of thioether (sulfide) groups is 1. The second-order valence-corrected chi connectivity index (χ2v) is 6.06. The number of hydrogen-bond acceptors (Lipinski definition) is 4. The van der Waals surface area contributed by atoms with Crippen molar-refractivity contribution in [2.45, 2.75) is 12.0 Å². The normalized spacial score (nSPS) is 20.7. The van der Waals surface area contributed by atoms with Crippen LogP contribution in [-0.2, 0) is 14.3 Å². The zero-order valence-electron chi connectivity index (χ0n) is 11.9. The van der Waals surface area contributed by atoms with E-state index < -0.39 is 29.0 Å². The van der Waals surface area contributed by atoms with Gasteiger partial charge in [0.15, 0.2) is 11.6 Å². The highest BCUT2D eigenvalue weighted by atomic mass is 32.2. The summed E-state index contributed by atoms with van der Waals surface area (Å²) in [6.07, 6.45) is 0.791. The number of anilines is 1. The van der Waals surface area contributed by atoms with Gasteiger partial charge in [-0.25, -0.2) is 8.78 Å². The Bertz CT molecular complexity index is 577. The van der Waals surface area contributed by atoms with E-state index in [0.29, 0.717) is 0 Å². The number of halogens is 2. The topological polar surface area (TPSA) is 67.4 Å². The van der Waals surface area contributed by atoms with Crippen molar-refractivity contribution in [1.29, 1.82) is 0 Å². The van der Waals surface area contributed by atoms with Gasteiger partial charge >= 0.3 is 11.8 Å². The molecule has 2 N–H and O–H groups in total. The minimum absolute atomic E-state index is 0.0110. The predicted octanol–water partition coefficient (Wildman–Crippen LogP) is 1.54. The number of carbonyl (C=O) groups is 2. The molecule has 0 aliphatic carbocycles. The SMILES string of the molecule is COC1(CNC(=O)C(=O)Nc2ccc(F)c(F)c2)CCSC1. The van der Waals surface area contributed by atoms with Crippen molar-refractivity contribution in [2.24, 2.45) is 0 Å². The first-order valence-electron chi connectivity index (χ1n) is 6.63. The van der Waals surface area contributed by atoms with E-state index in [0.717, 1.165) is 30.1 Å². The standard InChI is InChI=1S/C14H16F2N2O3S/c1-21-14(4-5-22-8-14)7-17-12(19)13(20)18-9-2-3-10(15)11(16)6-9/h2-3,6H,4-5,7-8H2,1H3,(H,17,19)(H,18,20). The third-order valence-corrected chi connectivity index (χ3v) is 4.68. The van der Waals surface area contributed by atoms with Gasteiger partial charge in [0.25, 0.3) is 0 Å². The molecule has 0 saturated carbocycles. The van der Waals surface area contributed by atoms with E-state index in [4.69, 9.17) is 4.74 Å². The largest absolute Gasteiger partial charge is 0.376 e. The molecule has 8 heteroatoms. The number of amides is 2. The van der Waals surface area contributed by atoms with E-state index >= 15 is 0 Å². The maximum atomic E-state index is 13.0. The van der Waals surface area contributed by atoms with Crippen LogP contribution in [0.15, 0.2) is 18.2 Å². The molecule has 1 aromatic rings. The molecule has 2 amide bonds. The Morgan fingerprint density at radius 3 is 2.68 bits per heavy atom. The fourth-order valence-electron chi connectivity index (χ4n) is 2.04. The number of methoxy groups -OCH3 is 1. The summed E-state index contributed by atoms with van der Waals surface area (Å²) in [5.74, 6) is -2.23. The number of carbonyl (C=O) groups excluding carboxylic acids is 2. The lowest BCUT2D eigenvalue weighted by Gasteiger charge is -2.26. The summed E-state index contributed by atoms with van der Waals surface area (Å²) in [7, 11) is 1.57.